The van der Waals surface area contributed by atoms with Crippen LogP contribution >= 0.6 is 0 Å². The van der Waals surface area contributed by atoms with Crippen molar-refractivity contribution in [1.29, 1.82) is 0 Å². The molecule has 208 valence electrons. The fourth-order valence-corrected chi connectivity index (χ4v) is 4.79. The number of rotatable bonds is 8. The number of nitrogens with one attached hydrogen (secondary N) is 4. The number of cyclic esters (lactones) is 1. The highest BCUT2D eigenvalue weighted by Gasteiger charge is 2.35. The summed E-state index contributed by atoms with van der Waals surface area (Å²) >= 11 is 0. The van der Waals surface area contributed by atoms with E-state index in [1.54, 1.807) is 6.92 Å². The van der Waals surface area contributed by atoms with Crippen molar-refractivity contribution in [2.45, 2.75) is 97.4 Å². The lowest BCUT2D eigenvalue weighted by atomic mass is 9.94. The van der Waals surface area contributed by atoms with Crippen molar-refractivity contribution in [1.82, 2.24) is 20.9 Å². The number of carbonyl (C=O) groups is 4. The minimum Gasteiger partial charge on any atom is -0.460 e. The zero-order valence-corrected chi connectivity index (χ0v) is 23.1. The molecule has 1 fully saturated rings. The monoisotopic (exact) mass is 526 g/mol. The number of H-pyrrole nitrogens is 1. The van der Waals surface area contributed by atoms with Gasteiger partial charge in [-0.2, -0.15) is 0 Å². The van der Waals surface area contributed by atoms with Crippen LogP contribution < -0.4 is 16.0 Å². The van der Waals surface area contributed by atoms with Gasteiger partial charge in [-0.25, -0.2) is 4.79 Å². The third-order valence-corrected chi connectivity index (χ3v) is 7.57. The number of fused-ring (bicyclic) bond motifs is 1. The number of hydrogen-bond donors (Lipinski definition) is 4. The van der Waals surface area contributed by atoms with Gasteiger partial charge in [-0.1, -0.05) is 65.2 Å². The fourth-order valence-electron chi connectivity index (χ4n) is 4.79. The summed E-state index contributed by atoms with van der Waals surface area (Å²) in [5.41, 5.74) is 1.80. The summed E-state index contributed by atoms with van der Waals surface area (Å²) in [5.74, 6) is -2.13. The van der Waals surface area contributed by atoms with Crippen molar-refractivity contribution in [3.05, 3.63) is 36.0 Å². The summed E-state index contributed by atoms with van der Waals surface area (Å²) in [6.45, 7) is 9.41. The van der Waals surface area contributed by atoms with Gasteiger partial charge < -0.3 is 25.7 Å². The zero-order chi connectivity index (χ0) is 27.8. The Balaban J connectivity index is 1.93. The third-order valence-electron chi connectivity index (χ3n) is 7.57. The molecule has 3 rings (SSSR count). The number of aromatic amines is 1. The summed E-state index contributed by atoms with van der Waals surface area (Å²) in [5, 5.41) is 9.33. The Hall–Kier alpha value is -3.36. The summed E-state index contributed by atoms with van der Waals surface area (Å²) < 4.78 is 5.91. The number of esters is 1. The summed E-state index contributed by atoms with van der Waals surface area (Å²) in [6, 6.07) is 5.03. The van der Waals surface area contributed by atoms with Crippen LogP contribution in [-0.4, -0.2) is 52.9 Å². The predicted molar refractivity (Wildman–Crippen MR) is 146 cm³/mol. The lowest BCUT2D eigenvalue weighted by Gasteiger charge is -2.29. The number of amides is 3. The molecule has 0 spiro atoms. The molecule has 2 heterocycles. The molecule has 38 heavy (non-hydrogen) atoms. The van der Waals surface area contributed by atoms with Gasteiger partial charge in [-0.05, 0) is 36.8 Å². The van der Waals surface area contributed by atoms with Gasteiger partial charge in [0, 0.05) is 23.5 Å². The van der Waals surface area contributed by atoms with Gasteiger partial charge in [0.2, 0.25) is 17.7 Å². The second-order valence-corrected chi connectivity index (χ2v) is 10.6. The maximum atomic E-state index is 13.4. The molecule has 9 nitrogen and oxygen atoms in total. The molecule has 0 unspecified atom stereocenters. The second kappa shape index (κ2) is 13.4. The van der Waals surface area contributed by atoms with Crippen LogP contribution in [0.25, 0.3) is 10.9 Å². The van der Waals surface area contributed by atoms with E-state index in [1.807, 2.05) is 51.2 Å². The fraction of sp³-hybridized carbons (Fsp3) is 0.586. The Kier molecular flexibility index (Phi) is 10.3. The first-order valence-corrected chi connectivity index (χ1v) is 13.8. The van der Waals surface area contributed by atoms with Crippen molar-refractivity contribution in [2.75, 3.05) is 0 Å². The van der Waals surface area contributed by atoms with Gasteiger partial charge >= 0.3 is 5.97 Å². The minimum absolute atomic E-state index is 0.0645. The van der Waals surface area contributed by atoms with Gasteiger partial charge in [0.15, 0.2) is 0 Å². The quantitative estimate of drug-likeness (QED) is 0.392. The number of aromatic nitrogens is 1. The zero-order valence-electron chi connectivity index (χ0n) is 23.1. The molecule has 1 aromatic carbocycles. The van der Waals surface area contributed by atoms with Crippen molar-refractivity contribution >= 4 is 34.6 Å². The lowest BCUT2D eigenvalue weighted by molar-refractivity contribution is -0.158. The van der Waals surface area contributed by atoms with Gasteiger partial charge in [0.25, 0.3) is 0 Å². The summed E-state index contributed by atoms with van der Waals surface area (Å²) in [7, 11) is 0. The summed E-state index contributed by atoms with van der Waals surface area (Å²) in [6.07, 6.45) is 4.68. The molecule has 6 atom stereocenters. The highest BCUT2D eigenvalue weighted by molar-refractivity contribution is 5.94. The number of para-hydroxylation sites is 1. The van der Waals surface area contributed by atoms with E-state index in [2.05, 4.69) is 27.9 Å². The van der Waals surface area contributed by atoms with Crippen LogP contribution in [0.2, 0.25) is 0 Å². The van der Waals surface area contributed by atoms with E-state index >= 15 is 0 Å². The third kappa shape index (κ3) is 7.36. The second-order valence-electron chi connectivity index (χ2n) is 10.6. The first kappa shape index (κ1) is 29.2. The highest BCUT2D eigenvalue weighted by atomic mass is 16.5. The van der Waals surface area contributed by atoms with Gasteiger partial charge in [-0.15, -0.1) is 0 Å². The van der Waals surface area contributed by atoms with E-state index in [-0.39, 0.29) is 30.6 Å². The van der Waals surface area contributed by atoms with Crippen LogP contribution in [0.1, 0.15) is 72.3 Å². The molecular weight excluding hydrogens is 484 g/mol. The van der Waals surface area contributed by atoms with E-state index in [0.717, 1.165) is 35.7 Å². The van der Waals surface area contributed by atoms with E-state index < -0.39 is 42.0 Å². The molecule has 1 saturated heterocycles. The minimum atomic E-state index is -0.913. The molecular formula is C29H42N4O5. The number of benzene rings is 1. The Morgan fingerprint density at radius 1 is 0.974 bits per heavy atom. The Labute approximate surface area is 224 Å². The van der Waals surface area contributed by atoms with Crippen LogP contribution in [0.3, 0.4) is 0 Å². The average molecular weight is 527 g/mol. The number of ether oxygens (including phenoxy) is 1. The lowest BCUT2D eigenvalue weighted by Crippen LogP contribution is -2.55. The first-order chi connectivity index (χ1) is 18.1. The van der Waals surface area contributed by atoms with Crippen LogP contribution in [0, 0.1) is 11.8 Å². The Morgan fingerprint density at radius 3 is 2.42 bits per heavy atom. The molecule has 1 aliphatic heterocycles. The van der Waals surface area contributed by atoms with Crippen molar-refractivity contribution in [3.63, 3.8) is 0 Å². The topological polar surface area (TPSA) is 129 Å². The van der Waals surface area contributed by atoms with Crippen LogP contribution in [-0.2, 0) is 30.3 Å². The Morgan fingerprint density at radius 2 is 1.71 bits per heavy atom. The smallest absolute Gasteiger partial charge is 0.329 e. The van der Waals surface area contributed by atoms with Crippen LogP contribution in [0.5, 0.6) is 0 Å². The molecule has 9 heteroatoms. The van der Waals surface area contributed by atoms with Gasteiger partial charge in [0.05, 0.1) is 6.42 Å². The van der Waals surface area contributed by atoms with E-state index in [0.29, 0.717) is 6.42 Å². The highest BCUT2D eigenvalue weighted by Crippen LogP contribution is 2.22. The molecule has 0 radical (unpaired) electrons. The van der Waals surface area contributed by atoms with Crippen LogP contribution in [0.4, 0.5) is 0 Å². The van der Waals surface area contributed by atoms with Crippen molar-refractivity contribution in [3.8, 4) is 0 Å². The van der Waals surface area contributed by atoms with E-state index in [1.165, 1.54) is 0 Å². The largest absolute Gasteiger partial charge is 0.460 e. The molecule has 0 bridgehead atoms. The Bertz CT molecular complexity index is 1130. The first-order valence-electron chi connectivity index (χ1n) is 13.8. The number of hydrogen-bond acceptors (Lipinski definition) is 5. The van der Waals surface area contributed by atoms with Crippen LogP contribution in [0.15, 0.2) is 30.5 Å². The standard InChI is InChI=1S/C29H42N4O5/c1-6-8-11-18(4)24-15-25(34)32-23(14-20-16-30-22-13-10-9-12-21(20)22)28(36)31-19(5)27(35)33-26(17(3)7-2)29(37)38-24/h9-10,12-13,16-19,23-24,26,30H,6-8,11,14-15H2,1-5H3,(H,31,36)(H,32,34)(H,33,35)/t17-,18+,19+,23-,24-,26+/m1/s1. The molecule has 0 saturated carbocycles. The average Bonchev–Trinajstić information content (AvgIpc) is 3.31. The number of carbonyl (C=O) groups excluding carboxylic acids is 4. The summed E-state index contributed by atoms with van der Waals surface area (Å²) in [4.78, 5) is 56.1. The van der Waals surface area contributed by atoms with Crippen molar-refractivity contribution < 1.29 is 23.9 Å². The maximum absolute atomic E-state index is 13.4. The normalized spacial score (nSPS) is 25.2. The van der Waals surface area contributed by atoms with E-state index in [4.69, 9.17) is 4.74 Å². The molecule has 0 aliphatic carbocycles. The van der Waals surface area contributed by atoms with Crippen molar-refractivity contribution in [2.24, 2.45) is 11.8 Å². The van der Waals surface area contributed by atoms with E-state index in [9.17, 15) is 19.2 Å². The molecule has 3 amide bonds. The SMILES string of the molecule is CCCC[C@H](C)[C@H]1CC(=O)N[C@H](Cc2c[nH]c3ccccc23)C(=O)N[C@@H](C)C(=O)N[C@@H]([C@H](C)CC)C(=O)O1. The van der Waals surface area contributed by atoms with Gasteiger partial charge in [-0.3, -0.25) is 14.4 Å². The molecule has 4 N–H and O–H groups in total. The van der Waals surface area contributed by atoms with Gasteiger partial charge in [0.1, 0.15) is 24.2 Å². The number of unbranched alkanes of at least 4 members (excludes halogenated alkanes) is 1. The molecule has 2 aromatic rings. The molecule has 1 aromatic heterocycles. The maximum Gasteiger partial charge on any atom is 0.329 e. The molecule has 1 aliphatic rings. The predicted octanol–water partition coefficient (Wildman–Crippen LogP) is 3.37.